The number of nitrogens with zero attached hydrogens (tertiary/aromatic N) is 1. The molecule has 0 saturated carbocycles. The highest BCUT2D eigenvalue weighted by Crippen LogP contribution is 2.44. The molecule has 0 spiro atoms. The number of thiophene rings is 1. The van der Waals surface area contributed by atoms with Gasteiger partial charge >= 0.3 is 0 Å². The van der Waals surface area contributed by atoms with Crippen LogP contribution < -0.4 is 4.90 Å². The molecule has 0 N–H and O–H groups in total. The van der Waals surface area contributed by atoms with Crippen LogP contribution in [0.4, 0.5) is 17.1 Å². The van der Waals surface area contributed by atoms with Crippen LogP contribution in [0.25, 0.3) is 64.0 Å². The third-order valence-corrected chi connectivity index (χ3v) is 9.61. The molecule has 2 aromatic heterocycles. The first-order chi connectivity index (χ1) is 21.3. The maximum atomic E-state index is 6.12. The maximum Gasteiger partial charge on any atom is 0.135 e. The molecular weight excluding hydrogens is 543 g/mol. The van der Waals surface area contributed by atoms with Gasteiger partial charge in [-0.05, 0) is 77.2 Å². The van der Waals surface area contributed by atoms with Gasteiger partial charge in [0.2, 0.25) is 0 Å². The highest BCUT2D eigenvalue weighted by molar-refractivity contribution is 7.25. The summed E-state index contributed by atoms with van der Waals surface area (Å²) in [5.74, 6) is 0. The molecule has 0 amide bonds. The minimum Gasteiger partial charge on any atom is -0.456 e. The van der Waals surface area contributed by atoms with Crippen LogP contribution in [0.5, 0.6) is 0 Å². The molecule has 0 saturated heterocycles. The van der Waals surface area contributed by atoms with Gasteiger partial charge in [-0.25, -0.2) is 0 Å². The van der Waals surface area contributed by atoms with E-state index in [4.69, 9.17) is 4.42 Å². The molecule has 0 radical (unpaired) electrons. The second-order valence-electron chi connectivity index (χ2n) is 10.9. The van der Waals surface area contributed by atoms with Crippen LogP contribution in [0.1, 0.15) is 0 Å². The summed E-state index contributed by atoms with van der Waals surface area (Å²) in [5.41, 5.74) is 7.65. The molecule has 0 bridgehead atoms. The van der Waals surface area contributed by atoms with E-state index in [0.29, 0.717) is 0 Å². The van der Waals surface area contributed by atoms with Crippen LogP contribution in [0, 0.1) is 0 Å². The molecule has 202 valence electrons. The van der Waals surface area contributed by atoms with Gasteiger partial charge in [0.25, 0.3) is 0 Å². The van der Waals surface area contributed by atoms with Crippen LogP contribution in [0.3, 0.4) is 0 Å². The molecule has 2 heterocycles. The van der Waals surface area contributed by atoms with Crippen molar-refractivity contribution in [3.05, 3.63) is 152 Å². The van der Waals surface area contributed by atoms with Gasteiger partial charge in [-0.1, -0.05) is 91.0 Å². The molecule has 0 unspecified atom stereocenters. The summed E-state index contributed by atoms with van der Waals surface area (Å²) >= 11 is 1.85. The Bertz CT molecular complexity index is 2470. The van der Waals surface area contributed by atoms with Crippen LogP contribution >= 0.6 is 11.3 Å². The molecule has 43 heavy (non-hydrogen) atoms. The molecule has 3 heteroatoms. The van der Waals surface area contributed by atoms with E-state index >= 15 is 0 Å². The van der Waals surface area contributed by atoms with E-state index in [0.717, 1.165) is 39.0 Å². The van der Waals surface area contributed by atoms with Gasteiger partial charge in [-0.3, -0.25) is 0 Å². The van der Waals surface area contributed by atoms with Crippen molar-refractivity contribution in [1.82, 2.24) is 0 Å². The highest BCUT2D eigenvalue weighted by atomic mass is 32.1. The number of fused-ring (bicyclic) bond motifs is 7. The van der Waals surface area contributed by atoms with Gasteiger partial charge in [-0.2, -0.15) is 0 Å². The fraction of sp³-hybridized carbons (Fsp3) is 0. The SMILES string of the molecule is c1ccc(N(c2ccc3sc4ccccc4c3c2)c2ccc(-c3ccc4oc5ccccc5c4c3)c3ccccc23)cc1. The molecule has 0 atom stereocenters. The lowest BCUT2D eigenvalue weighted by Gasteiger charge is -2.27. The minimum absolute atomic E-state index is 0.914. The predicted octanol–water partition coefficient (Wildman–Crippen LogP) is 12.2. The van der Waals surface area contributed by atoms with E-state index in [1.165, 1.54) is 42.1 Å². The van der Waals surface area contributed by atoms with Crippen molar-refractivity contribution in [2.75, 3.05) is 4.90 Å². The fourth-order valence-corrected chi connectivity index (χ4v) is 7.57. The molecule has 0 aliphatic rings. The molecule has 7 aromatic carbocycles. The van der Waals surface area contributed by atoms with Gasteiger partial charge in [-0.15, -0.1) is 11.3 Å². The summed E-state index contributed by atoms with van der Waals surface area (Å²) in [6, 6.07) is 54.4. The van der Waals surface area contributed by atoms with Gasteiger partial charge < -0.3 is 9.32 Å². The number of anilines is 3. The second kappa shape index (κ2) is 9.59. The lowest BCUT2D eigenvalue weighted by molar-refractivity contribution is 0.669. The zero-order valence-corrected chi connectivity index (χ0v) is 24.0. The lowest BCUT2D eigenvalue weighted by atomic mass is 9.95. The van der Waals surface area contributed by atoms with Crippen LogP contribution in [-0.4, -0.2) is 0 Å². The normalized spacial score (nSPS) is 11.7. The Morgan fingerprint density at radius 3 is 2.00 bits per heavy atom. The molecule has 9 rings (SSSR count). The van der Waals surface area contributed by atoms with Crippen LogP contribution in [-0.2, 0) is 0 Å². The zero-order valence-electron chi connectivity index (χ0n) is 23.2. The summed E-state index contributed by atoms with van der Waals surface area (Å²) < 4.78 is 8.75. The number of furan rings is 1. The summed E-state index contributed by atoms with van der Waals surface area (Å²) in [5, 5.41) is 7.31. The van der Waals surface area contributed by atoms with Crippen molar-refractivity contribution < 1.29 is 4.42 Å². The van der Waals surface area contributed by atoms with Gasteiger partial charge in [0.15, 0.2) is 0 Å². The van der Waals surface area contributed by atoms with Gasteiger partial charge in [0, 0.05) is 47.7 Å². The largest absolute Gasteiger partial charge is 0.456 e. The smallest absolute Gasteiger partial charge is 0.135 e. The summed E-state index contributed by atoms with van der Waals surface area (Å²) in [7, 11) is 0. The topological polar surface area (TPSA) is 16.4 Å². The van der Waals surface area contributed by atoms with Crippen LogP contribution in [0.15, 0.2) is 156 Å². The number of para-hydroxylation sites is 2. The zero-order chi connectivity index (χ0) is 28.3. The van der Waals surface area contributed by atoms with Gasteiger partial charge in [0.05, 0.1) is 5.69 Å². The predicted molar refractivity (Wildman–Crippen MR) is 184 cm³/mol. The van der Waals surface area contributed by atoms with Crippen LogP contribution in [0.2, 0.25) is 0 Å². The number of hydrogen-bond acceptors (Lipinski definition) is 3. The maximum absolute atomic E-state index is 6.12. The molecule has 0 fully saturated rings. The number of hydrogen-bond donors (Lipinski definition) is 0. The van der Waals surface area contributed by atoms with Crippen molar-refractivity contribution in [3.8, 4) is 11.1 Å². The van der Waals surface area contributed by atoms with E-state index in [1.807, 2.05) is 23.5 Å². The Kier molecular flexibility index (Phi) is 5.40. The van der Waals surface area contributed by atoms with E-state index in [1.54, 1.807) is 0 Å². The Hall–Kier alpha value is -5.38. The Balaban J connectivity index is 1.26. The van der Waals surface area contributed by atoms with Crippen molar-refractivity contribution in [2.24, 2.45) is 0 Å². The standard InChI is InChI=1S/C40H25NOS/c1-2-10-27(11-3-1)41(28-19-23-40-35(25-28)33-15-7-9-17-39(33)43-40)36-21-20-29(30-12-4-5-13-31(30)36)26-18-22-38-34(24-26)32-14-6-8-16-37(32)42-38/h1-25H. The lowest BCUT2D eigenvalue weighted by Crippen LogP contribution is -2.10. The summed E-state index contributed by atoms with van der Waals surface area (Å²) in [6.07, 6.45) is 0. The first-order valence-electron chi connectivity index (χ1n) is 14.5. The van der Waals surface area contributed by atoms with E-state index in [2.05, 4.69) is 144 Å². The summed E-state index contributed by atoms with van der Waals surface area (Å²) in [6.45, 7) is 0. The quantitative estimate of drug-likeness (QED) is 0.210. The second-order valence-corrected chi connectivity index (χ2v) is 12.0. The molecule has 0 aliphatic carbocycles. The van der Waals surface area contributed by atoms with Crippen molar-refractivity contribution in [1.29, 1.82) is 0 Å². The van der Waals surface area contributed by atoms with E-state index in [-0.39, 0.29) is 0 Å². The Labute approximate surface area is 252 Å². The number of benzene rings is 7. The highest BCUT2D eigenvalue weighted by Gasteiger charge is 2.19. The van der Waals surface area contributed by atoms with E-state index in [9.17, 15) is 0 Å². The summed E-state index contributed by atoms with van der Waals surface area (Å²) in [4.78, 5) is 2.39. The molecule has 2 nitrogen and oxygen atoms in total. The Morgan fingerprint density at radius 1 is 0.419 bits per heavy atom. The Morgan fingerprint density at radius 2 is 1.12 bits per heavy atom. The molecule has 0 aliphatic heterocycles. The third kappa shape index (κ3) is 3.86. The fourth-order valence-electron chi connectivity index (χ4n) is 6.48. The first-order valence-corrected chi connectivity index (χ1v) is 15.3. The third-order valence-electron chi connectivity index (χ3n) is 8.46. The van der Waals surface area contributed by atoms with Crippen molar-refractivity contribution in [3.63, 3.8) is 0 Å². The van der Waals surface area contributed by atoms with Crippen molar-refractivity contribution in [2.45, 2.75) is 0 Å². The minimum atomic E-state index is 0.914. The molecule has 9 aromatic rings. The van der Waals surface area contributed by atoms with Crippen molar-refractivity contribution >= 4 is 81.3 Å². The average molecular weight is 568 g/mol. The number of rotatable bonds is 4. The average Bonchev–Trinajstić information content (AvgIpc) is 3.63. The van der Waals surface area contributed by atoms with E-state index < -0.39 is 0 Å². The van der Waals surface area contributed by atoms with Gasteiger partial charge in [0.1, 0.15) is 11.2 Å². The first kappa shape index (κ1) is 24.2. The molecular formula is C40H25NOS. The monoisotopic (exact) mass is 567 g/mol.